The molecule has 0 rings (SSSR count). The summed E-state index contributed by atoms with van der Waals surface area (Å²) in [6.07, 6.45) is 13.3. The lowest BCUT2D eigenvalue weighted by Gasteiger charge is -1.99. The van der Waals surface area contributed by atoms with Crippen LogP contribution in [0.3, 0.4) is 0 Å². The molecule has 27 heavy (non-hydrogen) atoms. The fraction of sp³-hybridized carbons (Fsp3) is 0.435. The highest BCUT2D eigenvalue weighted by Crippen LogP contribution is 2.00. The third-order valence-electron chi connectivity index (χ3n) is 3.25. The van der Waals surface area contributed by atoms with Crippen LogP contribution in [0.2, 0.25) is 0 Å². The Morgan fingerprint density at radius 3 is 2.07 bits per heavy atom. The van der Waals surface area contributed by atoms with E-state index in [1.54, 1.807) is 12.2 Å². The predicted molar refractivity (Wildman–Crippen MR) is 112 cm³/mol. The molecule has 2 atom stereocenters. The zero-order valence-corrected chi connectivity index (χ0v) is 16.2. The Balaban J connectivity index is 4.69. The molecule has 0 bridgehead atoms. The standard InChI is InChI=1S/C23H34O4/c1-3-4-11-16-21(24)17-12-8-6-5-7-9-13-18-22(25)19-14-10-15-20-23(26)27-2/h4,6-14,17-18,21-22,24-25H,3,5,15-16,19-20H2,1-2H3/t21-,22+/m0/s1/i6D,7D,8D,9D. The van der Waals surface area contributed by atoms with Crippen LogP contribution in [-0.4, -0.2) is 35.5 Å². The summed E-state index contributed by atoms with van der Waals surface area (Å²) in [5.41, 5.74) is 0. The summed E-state index contributed by atoms with van der Waals surface area (Å²) in [6, 6.07) is -0.561. The Morgan fingerprint density at radius 2 is 1.56 bits per heavy atom. The molecule has 0 spiro atoms. The van der Waals surface area contributed by atoms with E-state index in [4.69, 9.17) is 5.48 Å². The lowest BCUT2D eigenvalue weighted by atomic mass is 10.2. The zero-order chi connectivity index (χ0) is 23.6. The summed E-state index contributed by atoms with van der Waals surface area (Å²) in [5, 5.41) is 19.7. The van der Waals surface area contributed by atoms with Crippen LogP contribution in [0, 0.1) is 0 Å². The van der Waals surface area contributed by atoms with Crippen LogP contribution in [0.25, 0.3) is 0 Å². The molecule has 0 unspecified atom stereocenters. The minimum atomic E-state index is -0.841. The van der Waals surface area contributed by atoms with E-state index in [2.05, 4.69) is 4.74 Å². The first kappa shape index (κ1) is 18.2. The van der Waals surface area contributed by atoms with Gasteiger partial charge >= 0.3 is 5.97 Å². The molecule has 0 aromatic rings. The molecular weight excluding hydrogens is 340 g/mol. The van der Waals surface area contributed by atoms with Crippen LogP contribution < -0.4 is 0 Å². The van der Waals surface area contributed by atoms with Crippen molar-refractivity contribution in [2.75, 3.05) is 7.11 Å². The van der Waals surface area contributed by atoms with Crippen LogP contribution >= 0.6 is 0 Å². The van der Waals surface area contributed by atoms with Gasteiger partial charge in [-0.05, 0) is 32.1 Å². The Kier molecular flexibility index (Phi) is 12.6. The van der Waals surface area contributed by atoms with Gasteiger partial charge in [0.25, 0.3) is 0 Å². The highest BCUT2D eigenvalue weighted by molar-refractivity contribution is 5.69. The number of rotatable bonds is 14. The Bertz CT molecular complexity index is 721. The van der Waals surface area contributed by atoms with Gasteiger partial charge in [0.05, 0.1) is 24.8 Å². The molecule has 0 fully saturated rings. The van der Waals surface area contributed by atoms with Crippen molar-refractivity contribution in [3.05, 3.63) is 72.8 Å². The van der Waals surface area contributed by atoms with Crippen molar-refractivity contribution in [2.24, 2.45) is 0 Å². The maximum atomic E-state index is 11.0. The number of ether oxygens (including phenoxy) is 1. The number of hydrogen-bond donors (Lipinski definition) is 2. The lowest BCUT2D eigenvalue weighted by Crippen LogP contribution is -1.99. The van der Waals surface area contributed by atoms with Gasteiger partial charge in [0.1, 0.15) is 0 Å². The van der Waals surface area contributed by atoms with E-state index < -0.39 is 12.2 Å². The van der Waals surface area contributed by atoms with Crippen LogP contribution in [0.4, 0.5) is 0 Å². The number of carbonyl (C=O) groups excluding carboxylic acids is 1. The first-order valence-corrected chi connectivity index (χ1v) is 9.13. The molecule has 2 N–H and O–H groups in total. The number of esters is 1. The minimum absolute atomic E-state index is 0.128. The molecule has 0 aliphatic rings. The number of aliphatic hydroxyl groups excluding tert-OH is 2. The molecule has 0 saturated heterocycles. The average molecular weight is 379 g/mol. The van der Waals surface area contributed by atoms with E-state index >= 15 is 0 Å². The summed E-state index contributed by atoms with van der Waals surface area (Å²) in [6.45, 7) is 1.99. The molecule has 0 aliphatic heterocycles. The van der Waals surface area contributed by atoms with E-state index in [0.717, 1.165) is 6.42 Å². The zero-order valence-electron chi connectivity index (χ0n) is 20.2. The first-order chi connectivity index (χ1) is 14.7. The smallest absolute Gasteiger partial charge is 0.305 e. The highest BCUT2D eigenvalue weighted by atomic mass is 16.5. The van der Waals surface area contributed by atoms with Gasteiger partial charge < -0.3 is 14.9 Å². The second-order valence-corrected chi connectivity index (χ2v) is 5.61. The third kappa shape index (κ3) is 18.4. The fourth-order valence-electron chi connectivity index (χ4n) is 1.80. The molecule has 0 heterocycles. The van der Waals surface area contributed by atoms with E-state index in [1.165, 1.54) is 31.4 Å². The molecular formula is C23H34O4. The van der Waals surface area contributed by atoms with Crippen LogP contribution in [0.1, 0.15) is 50.9 Å². The van der Waals surface area contributed by atoms with E-state index in [0.29, 0.717) is 19.3 Å². The molecule has 0 saturated carbocycles. The number of methoxy groups -OCH3 is 1. The molecule has 150 valence electrons. The van der Waals surface area contributed by atoms with Crippen LogP contribution in [0.5, 0.6) is 0 Å². The summed E-state index contributed by atoms with van der Waals surface area (Å²) in [5.74, 6) is -0.300. The number of aliphatic hydroxyl groups is 2. The Morgan fingerprint density at radius 1 is 1.00 bits per heavy atom. The molecule has 0 aliphatic carbocycles. The largest absolute Gasteiger partial charge is 0.469 e. The Labute approximate surface area is 169 Å². The van der Waals surface area contributed by atoms with Gasteiger partial charge in [0.2, 0.25) is 0 Å². The summed E-state index contributed by atoms with van der Waals surface area (Å²) in [4.78, 5) is 11.0. The van der Waals surface area contributed by atoms with Crippen molar-refractivity contribution < 1.29 is 25.2 Å². The van der Waals surface area contributed by atoms with Crippen molar-refractivity contribution >= 4 is 5.97 Å². The molecule has 4 nitrogen and oxygen atoms in total. The van der Waals surface area contributed by atoms with Crippen molar-refractivity contribution in [3.8, 4) is 0 Å². The van der Waals surface area contributed by atoms with E-state index in [9.17, 15) is 15.0 Å². The average Bonchev–Trinajstić information content (AvgIpc) is 2.75. The first-order valence-electron chi connectivity index (χ1n) is 11.1. The van der Waals surface area contributed by atoms with Gasteiger partial charge in [-0.25, -0.2) is 0 Å². The summed E-state index contributed by atoms with van der Waals surface area (Å²) >= 11 is 0. The van der Waals surface area contributed by atoms with Gasteiger partial charge in [-0.3, -0.25) is 4.79 Å². The van der Waals surface area contributed by atoms with Gasteiger partial charge in [-0.15, -0.1) is 0 Å². The predicted octanol–water partition coefficient (Wildman–Crippen LogP) is 4.58. The topological polar surface area (TPSA) is 66.8 Å². The van der Waals surface area contributed by atoms with Crippen molar-refractivity contribution in [3.63, 3.8) is 0 Å². The maximum Gasteiger partial charge on any atom is 0.305 e. The normalized spacial score (nSPS) is 18.8. The molecule has 0 radical (unpaired) electrons. The van der Waals surface area contributed by atoms with Crippen molar-refractivity contribution in [2.45, 2.75) is 57.7 Å². The molecule has 0 aromatic carbocycles. The highest BCUT2D eigenvalue weighted by Gasteiger charge is 1.97. The SMILES string of the molecule is [2H]C(C=C[C@@H](O)CC=CCC)=C([2H])CC([2H])=C([2H])C=C[C@@H](O)CC=CCCC(=O)OC. The summed E-state index contributed by atoms with van der Waals surface area (Å²) in [7, 11) is 1.33. The molecule has 0 amide bonds. The number of hydrogen-bond acceptors (Lipinski definition) is 4. The lowest BCUT2D eigenvalue weighted by molar-refractivity contribution is -0.140. The second-order valence-electron chi connectivity index (χ2n) is 5.61. The molecule has 0 aromatic heterocycles. The van der Waals surface area contributed by atoms with Gasteiger partial charge in [-0.2, -0.15) is 0 Å². The second kappa shape index (κ2) is 18.6. The van der Waals surface area contributed by atoms with Crippen molar-refractivity contribution in [1.29, 1.82) is 0 Å². The van der Waals surface area contributed by atoms with Gasteiger partial charge in [-0.1, -0.05) is 79.7 Å². The summed E-state index contributed by atoms with van der Waals surface area (Å²) < 4.78 is 36.1. The quantitative estimate of drug-likeness (QED) is 0.264. The maximum absolute atomic E-state index is 11.0. The van der Waals surface area contributed by atoms with Crippen LogP contribution in [-0.2, 0) is 9.53 Å². The van der Waals surface area contributed by atoms with E-state index in [1.807, 2.05) is 19.1 Å². The Hall–Kier alpha value is -2.17. The van der Waals surface area contributed by atoms with Gasteiger partial charge in [0.15, 0.2) is 0 Å². The third-order valence-corrected chi connectivity index (χ3v) is 3.25. The van der Waals surface area contributed by atoms with Crippen molar-refractivity contribution in [1.82, 2.24) is 0 Å². The number of allylic oxidation sites excluding steroid dienone is 8. The van der Waals surface area contributed by atoms with Gasteiger partial charge in [0, 0.05) is 6.42 Å². The minimum Gasteiger partial charge on any atom is -0.469 e. The monoisotopic (exact) mass is 378 g/mol. The molecule has 4 heteroatoms. The van der Waals surface area contributed by atoms with Crippen LogP contribution in [0.15, 0.2) is 72.8 Å². The fourth-order valence-corrected chi connectivity index (χ4v) is 1.80. The number of carbonyl (C=O) groups is 1. The van der Waals surface area contributed by atoms with E-state index in [-0.39, 0.29) is 43.0 Å².